The topological polar surface area (TPSA) is 84.5 Å². The van der Waals surface area contributed by atoms with Crippen molar-refractivity contribution in [3.63, 3.8) is 0 Å². The van der Waals surface area contributed by atoms with Crippen LogP contribution in [0.3, 0.4) is 0 Å². The molecule has 2 N–H and O–H groups in total. The van der Waals surface area contributed by atoms with Gasteiger partial charge in [-0.15, -0.1) is 0 Å². The maximum atomic E-state index is 12.8. The lowest BCUT2D eigenvalue weighted by atomic mass is 10.0. The summed E-state index contributed by atoms with van der Waals surface area (Å²) in [6, 6.07) is 10.8. The standard InChI is InChI=1S/C24H31ClN2O4S/c1-17(2)27-32(29,30)23-16-20(15-19-11-14-31-24(19)23)22(28)9-5-6-12-26-13-10-18-7-3-4-8-21(18)25/h3-4,7-8,15-17,26-27H,5-6,9-14H2,1-2H3. The van der Waals surface area contributed by atoms with Crippen LogP contribution in [0.15, 0.2) is 41.3 Å². The molecule has 32 heavy (non-hydrogen) atoms. The van der Waals surface area contributed by atoms with Crippen molar-refractivity contribution in [2.45, 2.75) is 56.9 Å². The van der Waals surface area contributed by atoms with Crippen LogP contribution in [0.4, 0.5) is 0 Å². The van der Waals surface area contributed by atoms with Gasteiger partial charge in [0.25, 0.3) is 0 Å². The molecule has 0 saturated carbocycles. The van der Waals surface area contributed by atoms with E-state index >= 15 is 0 Å². The second-order valence-electron chi connectivity index (χ2n) is 8.31. The predicted molar refractivity (Wildman–Crippen MR) is 127 cm³/mol. The first-order valence-electron chi connectivity index (χ1n) is 11.1. The molecule has 0 aliphatic carbocycles. The van der Waals surface area contributed by atoms with Gasteiger partial charge >= 0.3 is 0 Å². The SMILES string of the molecule is CC(C)NS(=O)(=O)c1cc(C(=O)CCCCNCCc2ccccc2Cl)cc2c1OCC2. The molecule has 1 aliphatic heterocycles. The van der Waals surface area contributed by atoms with Gasteiger partial charge in [0.1, 0.15) is 10.6 Å². The number of hydrogen-bond donors (Lipinski definition) is 2. The van der Waals surface area contributed by atoms with E-state index in [2.05, 4.69) is 10.0 Å². The van der Waals surface area contributed by atoms with Gasteiger partial charge in [0.15, 0.2) is 5.78 Å². The Kier molecular flexibility index (Phi) is 8.71. The molecule has 1 heterocycles. The summed E-state index contributed by atoms with van der Waals surface area (Å²) in [6.07, 6.45) is 3.44. The number of carbonyl (C=O) groups excluding carboxylic acids is 1. The molecular formula is C24H31ClN2O4S. The lowest BCUT2D eigenvalue weighted by molar-refractivity contribution is 0.0979. The minimum absolute atomic E-state index is 0.0447. The number of hydrogen-bond acceptors (Lipinski definition) is 5. The number of ether oxygens (including phenoxy) is 1. The highest BCUT2D eigenvalue weighted by molar-refractivity contribution is 7.89. The number of nitrogens with one attached hydrogen (secondary N) is 2. The Morgan fingerprint density at radius 3 is 2.69 bits per heavy atom. The predicted octanol–water partition coefficient (Wildman–Crippen LogP) is 4.15. The van der Waals surface area contributed by atoms with Crippen molar-refractivity contribution in [2.24, 2.45) is 0 Å². The van der Waals surface area contributed by atoms with Gasteiger partial charge in [-0.3, -0.25) is 4.79 Å². The Labute approximate surface area is 195 Å². The van der Waals surface area contributed by atoms with Gasteiger partial charge in [-0.25, -0.2) is 13.1 Å². The lowest BCUT2D eigenvalue weighted by Crippen LogP contribution is -2.30. The minimum Gasteiger partial charge on any atom is -0.492 e. The molecule has 0 radical (unpaired) electrons. The molecule has 1 aliphatic rings. The Morgan fingerprint density at radius 1 is 1.16 bits per heavy atom. The van der Waals surface area contributed by atoms with Crippen molar-refractivity contribution in [1.29, 1.82) is 0 Å². The Balaban J connectivity index is 1.51. The summed E-state index contributed by atoms with van der Waals surface area (Å²) in [7, 11) is -3.75. The molecular weight excluding hydrogens is 448 g/mol. The van der Waals surface area contributed by atoms with Gasteiger partial charge in [-0.2, -0.15) is 0 Å². The van der Waals surface area contributed by atoms with Crippen molar-refractivity contribution >= 4 is 27.4 Å². The zero-order valence-electron chi connectivity index (χ0n) is 18.6. The van der Waals surface area contributed by atoms with Crippen LogP contribution in [0.5, 0.6) is 5.75 Å². The number of benzene rings is 2. The van der Waals surface area contributed by atoms with Gasteiger partial charge in [-0.1, -0.05) is 29.8 Å². The van der Waals surface area contributed by atoms with Gasteiger partial charge in [0.2, 0.25) is 10.0 Å². The van der Waals surface area contributed by atoms with Crippen molar-refractivity contribution in [1.82, 2.24) is 10.0 Å². The van der Waals surface area contributed by atoms with E-state index in [4.69, 9.17) is 16.3 Å². The number of carbonyl (C=O) groups is 1. The van der Waals surface area contributed by atoms with Gasteiger partial charge in [0.05, 0.1) is 6.61 Å². The zero-order valence-corrected chi connectivity index (χ0v) is 20.2. The number of fused-ring (bicyclic) bond motifs is 1. The zero-order chi connectivity index (χ0) is 23.1. The summed E-state index contributed by atoms with van der Waals surface area (Å²) in [6.45, 7) is 5.59. The molecule has 0 unspecified atom stereocenters. The van der Waals surface area contributed by atoms with Gasteiger partial charge in [0, 0.05) is 29.5 Å². The van der Waals surface area contributed by atoms with Gasteiger partial charge in [-0.05, 0) is 75.5 Å². The molecule has 174 valence electrons. The van der Waals surface area contributed by atoms with Crippen LogP contribution in [0, 0.1) is 0 Å². The Bertz CT molecular complexity index is 1050. The fourth-order valence-electron chi connectivity index (χ4n) is 3.74. The van der Waals surface area contributed by atoms with Crippen molar-refractivity contribution in [3.8, 4) is 5.75 Å². The fourth-order valence-corrected chi connectivity index (χ4v) is 5.43. The summed E-state index contributed by atoms with van der Waals surface area (Å²) in [5.41, 5.74) is 2.33. The number of unbranched alkanes of at least 4 members (excludes halogenated alkanes) is 1. The van der Waals surface area contributed by atoms with E-state index in [1.807, 2.05) is 24.3 Å². The smallest absolute Gasteiger partial charge is 0.244 e. The van der Waals surface area contributed by atoms with Crippen molar-refractivity contribution in [2.75, 3.05) is 19.7 Å². The largest absolute Gasteiger partial charge is 0.492 e. The molecule has 8 heteroatoms. The first-order valence-corrected chi connectivity index (χ1v) is 12.9. The van der Waals surface area contributed by atoms with Crippen LogP contribution in [0.1, 0.15) is 54.6 Å². The summed E-state index contributed by atoms with van der Waals surface area (Å²) in [4.78, 5) is 12.8. The second-order valence-corrected chi connectivity index (χ2v) is 10.4. The minimum atomic E-state index is -3.75. The van der Waals surface area contributed by atoms with Crippen LogP contribution in [-0.4, -0.2) is 39.9 Å². The number of Topliss-reactive ketones (excluding diaryl/α,β-unsaturated/α-hetero) is 1. The quantitative estimate of drug-likeness (QED) is 0.353. The molecule has 0 bridgehead atoms. The summed E-state index contributed by atoms with van der Waals surface area (Å²) < 4.78 is 33.6. The van der Waals surface area contributed by atoms with E-state index in [-0.39, 0.29) is 16.7 Å². The molecule has 0 fully saturated rings. The maximum absolute atomic E-state index is 12.8. The number of rotatable bonds is 12. The molecule has 0 saturated heterocycles. The van der Waals surface area contributed by atoms with Crippen LogP contribution in [-0.2, 0) is 22.9 Å². The highest BCUT2D eigenvalue weighted by atomic mass is 35.5. The molecule has 0 amide bonds. The molecule has 6 nitrogen and oxygen atoms in total. The van der Waals surface area contributed by atoms with Crippen LogP contribution < -0.4 is 14.8 Å². The molecule has 0 atom stereocenters. The van der Waals surface area contributed by atoms with E-state index in [0.717, 1.165) is 48.5 Å². The van der Waals surface area contributed by atoms with Crippen molar-refractivity contribution < 1.29 is 17.9 Å². The van der Waals surface area contributed by atoms with E-state index < -0.39 is 10.0 Å². The third kappa shape index (κ3) is 6.54. The molecule has 3 rings (SSSR count). The average Bonchev–Trinajstić information content (AvgIpc) is 3.21. The van der Waals surface area contributed by atoms with Crippen LogP contribution >= 0.6 is 11.6 Å². The van der Waals surface area contributed by atoms with E-state index in [0.29, 0.717) is 30.8 Å². The highest BCUT2D eigenvalue weighted by Crippen LogP contribution is 2.34. The monoisotopic (exact) mass is 478 g/mol. The first-order chi connectivity index (χ1) is 15.3. The Morgan fingerprint density at radius 2 is 1.94 bits per heavy atom. The van der Waals surface area contributed by atoms with E-state index in [9.17, 15) is 13.2 Å². The third-order valence-corrected chi connectivity index (χ3v) is 7.32. The number of halogens is 1. The normalized spacial score (nSPS) is 13.2. The molecule has 0 spiro atoms. The highest BCUT2D eigenvalue weighted by Gasteiger charge is 2.28. The summed E-state index contributed by atoms with van der Waals surface area (Å²) >= 11 is 6.16. The third-order valence-electron chi connectivity index (χ3n) is 5.29. The second kappa shape index (κ2) is 11.3. The maximum Gasteiger partial charge on any atom is 0.244 e. The molecule has 0 aromatic heterocycles. The average molecular weight is 479 g/mol. The first kappa shape index (κ1) is 24.7. The Hall–Kier alpha value is -1.93. The lowest BCUT2D eigenvalue weighted by Gasteiger charge is -2.14. The van der Waals surface area contributed by atoms with E-state index in [1.54, 1.807) is 19.9 Å². The molecule has 2 aromatic carbocycles. The van der Waals surface area contributed by atoms with Crippen molar-refractivity contribution in [3.05, 3.63) is 58.1 Å². The number of sulfonamides is 1. The van der Waals surface area contributed by atoms with Gasteiger partial charge < -0.3 is 10.1 Å². The summed E-state index contributed by atoms with van der Waals surface area (Å²) in [5, 5.41) is 4.16. The van der Waals surface area contributed by atoms with Crippen LogP contribution in [0.2, 0.25) is 5.02 Å². The fraction of sp³-hybridized carbons (Fsp3) is 0.458. The number of ketones is 1. The van der Waals surface area contributed by atoms with Crippen LogP contribution in [0.25, 0.3) is 0 Å². The molecule has 2 aromatic rings. The summed E-state index contributed by atoms with van der Waals surface area (Å²) in [5.74, 6) is 0.328. The van der Waals surface area contributed by atoms with E-state index in [1.165, 1.54) is 6.07 Å².